The number of nitrogens with two attached hydrogens (primary N) is 1. The third kappa shape index (κ3) is 4.52. The highest BCUT2D eigenvalue weighted by atomic mass is 79.9. The Hall–Kier alpha value is -3.70. The van der Waals surface area contributed by atoms with Crippen molar-refractivity contribution < 1.29 is 19.5 Å². The number of amides is 2. The van der Waals surface area contributed by atoms with E-state index in [-0.39, 0.29) is 20.9 Å². The number of carbonyl (C=O) groups is 3. The average molecular weight is 546 g/mol. The molecule has 2 amide bonds. The summed E-state index contributed by atoms with van der Waals surface area (Å²) >= 11 is 9.30. The van der Waals surface area contributed by atoms with Gasteiger partial charge in [-0.15, -0.1) is 0 Å². The van der Waals surface area contributed by atoms with Crippen molar-refractivity contribution in [1.29, 1.82) is 0 Å². The van der Waals surface area contributed by atoms with Gasteiger partial charge in [-0.1, -0.05) is 48.0 Å². The Morgan fingerprint density at radius 1 is 1.18 bits per heavy atom. The molecule has 1 unspecified atom stereocenters. The van der Waals surface area contributed by atoms with E-state index in [1.54, 1.807) is 42.5 Å². The molecule has 0 saturated heterocycles. The predicted molar refractivity (Wildman–Crippen MR) is 129 cm³/mol. The molecule has 174 valence electrons. The van der Waals surface area contributed by atoms with Crippen LogP contribution >= 0.6 is 27.5 Å². The Morgan fingerprint density at radius 3 is 2.47 bits per heavy atom. The number of nitrogens with zero attached hydrogens (tertiary/aromatic N) is 3. The van der Waals surface area contributed by atoms with Crippen LogP contribution in [0.1, 0.15) is 38.0 Å². The second-order valence-corrected chi connectivity index (χ2v) is 8.48. The van der Waals surface area contributed by atoms with E-state index in [0.29, 0.717) is 12.1 Å². The van der Waals surface area contributed by atoms with Crippen molar-refractivity contribution in [3.05, 3.63) is 80.4 Å². The van der Waals surface area contributed by atoms with Crippen LogP contribution < -0.4 is 16.4 Å². The first-order valence-corrected chi connectivity index (χ1v) is 11.2. The molecule has 0 radical (unpaired) electrons. The van der Waals surface area contributed by atoms with E-state index in [2.05, 4.69) is 36.7 Å². The van der Waals surface area contributed by atoms with Crippen LogP contribution in [0.5, 0.6) is 0 Å². The van der Waals surface area contributed by atoms with E-state index in [1.165, 1.54) is 6.07 Å². The molecule has 1 aliphatic rings. The van der Waals surface area contributed by atoms with Crippen molar-refractivity contribution in [2.75, 3.05) is 18.4 Å². The van der Waals surface area contributed by atoms with E-state index in [9.17, 15) is 19.5 Å². The third-order valence-electron chi connectivity index (χ3n) is 5.09. The number of carboxylic acid groups (broad SMARTS) is 1. The highest BCUT2D eigenvalue weighted by molar-refractivity contribution is 9.10. The molecule has 1 atom stereocenters. The summed E-state index contributed by atoms with van der Waals surface area (Å²) in [6.45, 7) is 1.42. The fourth-order valence-electron chi connectivity index (χ4n) is 3.51. The van der Waals surface area contributed by atoms with Gasteiger partial charge < -0.3 is 21.5 Å². The molecule has 0 bridgehead atoms. The Kier molecular flexibility index (Phi) is 6.66. The molecule has 3 aromatic rings. The van der Waals surface area contributed by atoms with Crippen molar-refractivity contribution in [1.82, 2.24) is 15.1 Å². The number of carbonyl (C=O) groups excluding carboxylic acids is 2. The molecule has 5 N–H and O–H groups in total. The molecule has 0 spiro atoms. The molecular formula is C22H18BrClN6O4. The Morgan fingerprint density at radius 2 is 1.88 bits per heavy atom. The molecule has 10 nitrogen and oxygen atoms in total. The van der Waals surface area contributed by atoms with Crippen LogP contribution in [0.15, 0.2) is 58.0 Å². The lowest BCUT2D eigenvalue weighted by atomic mass is 10.0. The van der Waals surface area contributed by atoms with Crippen molar-refractivity contribution >= 4 is 57.0 Å². The van der Waals surface area contributed by atoms with Gasteiger partial charge in [0.2, 0.25) is 5.91 Å². The number of amidine groups is 1. The number of carboxylic acids is 1. The predicted octanol–water partition coefficient (Wildman–Crippen LogP) is 2.67. The zero-order valence-corrected chi connectivity index (χ0v) is 19.8. The Balaban J connectivity index is 1.77. The minimum absolute atomic E-state index is 0.0206. The van der Waals surface area contributed by atoms with Crippen molar-refractivity contribution in [3.63, 3.8) is 0 Å². The highest BCUT2D eigenvalue weighted by Crippen LogP contribution is 2.33. The SMILES string of the molecule is NC(=O)C(c1ccc(C2=NCCN2)cc1)n1nc(C(=O)O)c(Br)c1NC(=O)c1ccccc1Cl. The summed E-state index contributed by atoms with van der Waals surface area (Å²) in [7, 11) is 0. The maximum atomic E-state index is 12.9. The number of hydrogen-bond acceptors (Lipinski definition) is 6. The summed E-state index contributed by atoms with van der Waals surface area (Å²) in [5, 5.41) is 19.6. The number of benzene rings is 2. The number of aromatic carboxylic acids is 1. The average Bonchev–Trinajstić information content (AvgIpc) is 3.44. The number of halogens is 2. The van der Waals surface area contributed by atoms with Crippen LogP contribution in [0.3, 0.4) is 0 Å². The number of aliphatic imine (C=N–C) groups is 1. The molecule has 0 fully saturated rings. The Bertz CT molecular complexity index is 1320. The normalized spacial score (nSPS) is 13.6. The molecule has 34 heavy (non-hydrogen) atoms. The lowest BCUT2D eigenvalue weighted by molar-refractivity contribution is -0.120. The summed E-state index contributed by atoms with van der Waals surface area (Å²) in [4.78, 5) is 41.5. The van der Waals surface area contributed by atoms with Crippen LogP contribution in [0, 0.1) is 0 Å². The van der Waals surface area contributed by atoms with Crippen LogP contribution in [0.4, 0.5) is 5.82 Å². The van der Waals surface area contributed by atoms with Crippen molar-refractivity contribution in [3.8, 4) is 0 Å². The maximum Gasteiger partial charge on any atom is 0.357 e. The number of aromatic nitrogens is 2. The third-order valence-corrected chi connectivity index (χ3v) is 6.17. The monoisotopic (exact) mass is 544 g/mol. The van der Waals surface area contributed by atoms with Crippen LogP contribution in [0.2, 0.25) is 5.02 Å². The van der Waals surface area contributed by atoms with Gasteiger partial charge in [0.15, 0.2) is 11.7 Å². The van der Waals surface area contributed by atoms with Gasteiger partial charge in [-0.3, -0.25) is 14.6 Å². The zero-order chi connectivity index (χ0) is 24.4. The second kappa shape index (κ2) is 9.65. The molecular weight excluding hydrogens is 528 g/mol. The summed E-state index contributed by atoms with van der Waals surface area (Å²) in [5.41, 5.74) is 6.72. The largest absolute Gasteiger partial charge is 0.476 e. The first-order chi connectivity index (χ1) is 16.3. The van der Waals surface area contributed by atoms with E-state index >= 15 is 0 Å². The van der Waals surface area contributed by atoms with Gasteiger partial charge in [0.25, 0.3) is 5.91 Å². The lowest BCUT2D eigenvalue weighted by Crippen LogP contribution is -2.30. The second-order valence-electron chi connectivity index (χ2n) is 7.28. The molecule has 0 saturated carbocycles. The number of nitrogens with one attached hydrogen (secondary N) is 2. The van der Waals surface area contributed by atoms with Crippen molar-refractivity contribution in [2.24, 2.45) is 10.7 Å². The molecule has 0 aliphatic carbocycles. The first kappa shape index (κ1) is 23.5. The molecule has 2 aromatic carbocycles. The zero-order valence-electron chi connectivity index (χ0n) is 17.5. The van der Waals surface area contributed by atoms with Gasteiger partial charge >= 0.3 is 5.97 Å². The minimum atomic E-state index is -1.36. The van der Waals surface area contributed by atoms with Gasteiger partial charge in [0, 0.05) is 12.1 Å². The van der Waals surface area contributed by atoms with E-state index in [0.717, 1.165) is 22.6 Å². The topological polar surface area (TPSA) is 152 Å². The van der Waals surface area contributed by atoms with Crippen LogP contribution in [-0.2, 0) is 4.79 Å². The number of rotatable bonds is 7. The molecule has 12 heteroatoms. The fourth-order valence-corrected chi connectivity index (χ4v) is 4.26. The van der Waals surface area contributed by atoms with Gasteiger partial charge in [0.05, 0.1) is 21.6 Å². The van der Waals surface area contributed by atoms with E-state index < -0.39 is 29.5 Å². The summed E-state index contributed by atoms with van der Waals surface area (Å²) < 4.78 is 1.05. The number of primary amides is 1. The minimum Gasteiger partial charge on any atom is -0.476 e. The molecule has 1 aromatic heterocycles. The smallest absolute Gasteiger partial charge is 0.357 e. The van der Waals surface area contributed by atoms with Gasteiger partial charge in [-0.05, 0) is 33.6 Å². The number of hydrogen-bond donors (Lipinski definition) is 4. The van der Waals surface area contributed by atoms with Crippen LogP contribution in [0.25, 0.3) is 0 Å². The highest BCUT2D eigenvalue weighted by Gasteiger charge is 2.31. The number of anilines is 1. The quantitative estimate of drug-likeness (QED) is 0.358. The molecule has 1 aliphatic heterocycles. The Labute approximate surface area is 206 Å². The summed E-state index contributed by atoms with van der Waals surface area (Å²) in [5.74, 6) is -2.10. The van der Waals surface area contributed by atoms with Gasteiger partial charge in [-0.2, -0.15) is 5.10 Å². The fraction of sp³-hybridized carbons (Fsp3) is 0.136. The first-order valence-electron chi connectivity index (χ1n) is 10.0. The van der Waals surface area contributed by atoms with E-state index in [1.807, 2.05) is 0 Å². The molecule has 4 rings (SSSR count). The van der Waals surface area contributed by atoms with Gasteiger partial charge in [0.1, 0.15) is 11.7 Å². The van der Waals surface area contributed by atoms with Crippen LogP contribution in [-0.4, -0.2) is 51.6 Å². The lowest BCUT2D eigenvalue weighted by Gasteiger charge is -2.18. The summed E-state index contributed by atoms with van der Waals surface area (Å²) in [6, 6.07) is 12.0. The van der Waals surface area contributed by atoms with Gasteiger partial charge in [-0.25, -0.2) is 9.48 Å². The molecule has 2 heterocycles. The van der Waals surface area contributed by atoms with E-state index in [4.69, 9.17) is 17.3 Å². The standard InChI is InChI=1S/C22H18BrClN6O4/c23-15-16(22(33)34)29-30(20(15)28-21(32)13-3-1-2-4-14(13)24)17(18(25)31)11-5-7-12(8-6-11)19-26-9-10-27-19/h1-8,17H,9-10H2,(H2,25,31)(H,26,27)(H,28,32)(H,33,34). The summed E-state index contributed by atoms with van der Waals surface area (Å²) in [6.07, 6.45) is 0. The maximum absolute atomic E-state index is 12.9. The van der Waals surface area contributed by atoms with Crippen molar-refractivity contribution in [2.45, 2.75) is 6.04 Å².